The number of nitrogens with zero attached hydrogens (tertiary/aromatic N) is 1. The number of rotatable bonds is 10. The highest BCUT2D eigenvalue weighted by atomic mass is 16.5. The summed E-state index contributed by atoms with van der Waals surface area (Å²) in [7, 11) is 1.58. The van der Waals surface area contributed by atoms with Gasteiger partial charge in [0, 0.05) is 13.1 Å². The van der Waals surface area contributed by atoms with E-state index in [9.17, 15) is 9.59 Å². The third-order valence-electron chi connectivity index (χ3n) is 3.21. The van der Waals surface area contributed by atoms with Gasteiger partial charge in [-0.1, -0.05) is 13.8 Å². The lowest BCUT2D eigenvalue weighted by Crippen LogP contribution is -2.42. The number of carbonyl (C=O) groups excluding carboxylic acids is 2. The molecule has 1 rings (SSSR count). The first-order valence-electron chi connectivity index (χ1n) is 7.92. The second-order valence-electron chi connectivity index (χ2n) is 5.12. The van der Waals surface area contributed by atoms with Gasteiger partial charge >= 0.3 is 0 Å². The molecule has 0 bridgehead atoms. The summed E-state index contributed by atoms with van der Waals surface area (Å²) in [6, 6.07) is 6.96. The molecule has 0 saturated carbocycles. The summed E-state index contributed by atoms with van der Waals surface area (Å²) in [5.74, 6) is 0.916. The number of amides is 2. The summed E-state index contributed by atoms with van der Waals surface area (Å²) in [5, 5.41) is 2.59. The van der Waals surface area contributed by atoms with Crippen LogP contribution in [0.3, 0.4) is 0 Å². The van der Waals surface area contributed by atoms with Crippen LogP contribution < -0.4 is 14.8 Å². The van der Waals surface area contributed by atoms with Gasteiger partial charge in [0.15, 0.2) is 6.61 Å². The van der Waals surface area contributed by atoms with Crippen molar-refractivity contribution in [3.05, 3.63) is 24.3 Å². The second-order valence-corrected chi connectivity index (χ2v) is 5.12. The normalized spacial score (nSPS) is 10.0. The Morgan fingerprint density at radius 2 is 1.61 bits per heavy atom. The van der Waals surface area contributed by atoms with Gasteiger partial charge < -0.3 is 19.7 Å². The highest BCUT2D eigenvalue weighted by molar-refractivity contribution is 5.85. The molecule has 0 spiro atoms. The molecule has 1 aromatic rings. The fraction of sp³-hybridized carbons (Fsp3) is 0.529. The monoisotopic (exact) mass is 322 g/mol. The molecule has 0 saturated heterocycles. The number of hydrogen-bond acceptors (Lipinski definition) is 4. The molecule has 0 unspecified atom stereocenters. The van der Waals surface area contributed by atoms with Crippen molar-refractivity contribution in [2.75, 3.05) is 33.4 Å². The van der Waals surface area contributed by atoms with Crippen LogP contribution in [0.15, 0.2) is 24.3 Å². The number of ether oxygens (including phenoxy) is 2. The van der Waals surface area contributed by atoms with Crippen molar-refractivity contribution in [2.45, 2.75) is 26.7 Å². The van der Waals surface area contributed by atoms with Crippen LogP contribution in [-0.2, 0) is 9.59 Å². The first-order valence-corrected chi connectivity index (χ1v) is 7.92. The summed E-state index contributed by atoms with van der Waals surface area (Å²) < 4.78 is 10.4. The maximum Gasteiger partial charge on any atom is 0.258 e. The molecule has 1 N–H and O–H groups in total. The highest BCUT2D eigenvalue weighted by Gasteiger charge is 2.13. The van der Waals surface area contributed by atoms with Gasteiger partial charge in [-0.15, -0.1) is 0 Å². The average Bonchev–Trinajstić information content (AvgIpc) is 2.58. The van der Waals surface area contributed by atoms with Crippen LogP contribution in [0, 0.1) is 0 Å². The molecule has 0 aliphatic rings. The quantitative estimate of drug-likeness (QED) is 0.714. The Hall–Kier alpha value is -2.24. The summed E-state index contributed by atoms with van der Waals surface area (Å²) in [4.78, 5) is 25.5. The standard InChI is InChI=1S/C17H26N2O4/c1-4-10-19(11-5-2)17(21)12-18-16(20)13-23-15-8-6-14(22-3)7-9-15/h6-9H,4-5,10-13H2,1-3H3,(H,18,20). The summed E-state index contributed by atoms with van der Waals surface area (Å²) in [6.45, 7) is 5.36. The fourth-order valence-electron chi connectivity index (χ4n) is 2.06. The highest BCUT2D eigenvalue weighted by Crippen LogP contribution is 2.16. The zero-order chi connectivity index (χ0) is 17.1. The van der Waals surface area contributed by atoms with Gasteiger partial charge in [-0.25, -0.2) is 0 Å². The summed E-state index contributed by atoms with van der Waals surface area (Å²) >= 11 is 0. The topological polar surface area (TPSA) is 67.9 Å². The van der Waals surface area contributed by atoms with Crippen LogP contribution >= 0.6 is 0 Å². The lowest BCUT2D eigenvalue weighted by atomic mass is 10.3. The maximum atomic E-state index is 12.0. The molecule has 0 radical (unpaired) electrons. The van der Waals surface area contributed by atoms with E-state index in [-0.39, 0.29) is 25.0 Å². The Balaban J connectivity index is 2.33. The maximum absolute atomic E-state index is 12.0. The van der Waals surface area contributed by atoms with Crippen LogP contribution in [0.5, 0.6) is 11.5 Å². The molecule has 6 heteroatoms. The molecule has 0 aliphatic carbocycles. The molecule has 1 aromatic carbocycles. The van der Waals surface area contributed by atoms with Crippen molar-refractivity contribution < 1.29 is 19.1 Å². The Bertz CT molecular complexity index is 482. The van der Waals surface area contributed by atoms with E-state index >= 15 is 0 Å². The molecule has 0 fully saturated rings. The van der Waals surface area contributed by atoms with Crippen molar-refractivity contribution in [1.82, 2.24) is 10.2 Å². The van der Waals surface area contributed by atoms with Gasteiger partial charge in [-0.3, -0.25) is 9.59 Å². The molecule has 0 aliphatic heterocycles. The van der Waals surface area contributed by atoms with E-state index in [0.717, 1.165) is 18.6 Å². The van der Waals surface area contributed by atoms with Gasteiger partial charge in [-0.05, 0) is 37.1 Å². The summed E-state index contributed by atoms with van der Waals surface area (Å²) in [6.07, 6.45) is 1.81. The van der Waals surface area contributed by atoms with Crippen LogP contribution in [-0.4, -0.2) is 50.1 Å². The van der Waals surface area contributed by atoms with Gasteiger partial charge in [0.25, 0.3) is 5.91 Å². The predicted molar refractivity (Wildman–Crippen MR) is 88.7 cm³/mol. The fourth-order valence-corrected chi connectivity index (χ4v) is 2.06. The number of benzene rings is 1. The minimum absolute atomic E-state index is 0.00477. The number of hydrogen-bond donors (Lipinski definition) is 1. The van der Waals surface area contributed by atoms with E-state index in [2.05, 4.69) is 5.32 Å². The van der Waals surface area contributed by atoms with Crippen LogP contribution in [0.25, 0.3) is 0 Å². The molecule has 0 atom stereocenters. The van der Waals surface area contributed by atoms with Gasteiger partial charge in [0.05, 0.1) is 13.7 Å². The SMILES string of the molecule is CCCN(CCC)C(=O)CNC(=O)COc1ccc(OC)cc1. The van der Waals surface area contributed by atoms with Crippen molar-refractivity contribution in [3.8, 4) is 11.5 Å². The third kappa shape index (κ3) is 7.04. The van der Waals surface area contributed by atoms with Crippen LogP contribution in [0.1, 0.15) is 26.7 Å². The van der Waals surface area contributed by atoms with E-state index in [1.165, 1.54) is 0 Å². The molecule has 128 valence electrons. The lowest BCUT2D eigenvalue weighted by Gasteiger charge is -2.21. The minimum Gasteiger partial charge on any atom is -0.497 e. The number of nitrogens with one attached hydrogen (secondary N) is 1. The molecule has 23 heavy (non-hydrogen) atoms. The van der Waals surface area contributed by atoms with Crippen LogP contribution in [0.2, 0.25) is 0 Å². The van der Waals surface area contributed by atoms with Gasteiger partial charge in [-0.2, -0.15) is 0 Å². The van der Waals surface area contributed by atoms with Crippen LogP contribution in [0.4, 0.5) is 0 Å². The van der Waals surface area contributed by atoms with Crippen molar-refractivity contribution in [2.24, 2.45) is 0 Å². The average molecular weight is 322 g/mol. The molecular formula is C17H26N2O4. The van der Waals surface area contributed by atoms with E-state index in [1.54, 1.807) is 36.3 Å². The largest absolute Gasteiger partial charge is 0.497 e. The van der Waals surface area contributed by atoms with Gasteiger partial charge in [0.1, 0.15) is 11.5 Å². The van der Waals surface area contributed by atoms with Crippen molar-refractivity contribution >= 4 is 11.8 Å². The Morgan fingerprint density at radius 1 is 1.04 bits per heavy atom. The number of methoxy groups -OCH3 is 1. The van der Waals surface area contributed by atoms with E-state index in [0.29, 0.717) is 18.8 Å². The smallest absolute Gasteiger partial charge is 0.258 e. The predicted octanol–water partition coefficient (Wildman–Crippen LogP) is 1.84. The number of carbonyl (C=O) groups is 2. The molecular weight excluding hydrogens is 296 g/mol. The summed E-state index contributed by atoms with van der Waals surface area (Å²) in [5.41, 5.74) is 0. The minimum atomic E-state index is -0.317. The molecule has 6 nitrogen and oxygen atoms in total. The Kier molecular flexibility index (Phi) is 8.57. The van der Waals surface area contributed by atoms with E-state index in [1.807, 2.05) is 13.8 Å². The van der Waals surface area contributed by atoms with Crippen molar-refractivity contribution in [3.63, 3.8) is 0 Å². The first kappa shape index (κ1) is 18.8. The zero-order valence-corrected chi connectivity index (χ0v) is 14.1. The van der Waals surface area contributed by atoms with Crippen molar-refractivity contribution in [1.29, 1.82) is 0 Å². The first-order chi connectivity index (χ1) is 11.1. The Morgan fingerprint density at radius 3 is 2.13 bits per heavy atom. The molecule has 0 aromatic heterocycles. The van der Waals surface area contributed by atoms with Gasteiger partial charge in [0.2, 0.25) is 5.91 Å². The Labute approximate surface area is 137 Å². The third-order valence-corrected chi connectivity index (χ3v) is 3.21. The van der Waals surface area contributed by atoms with E-state index < -0.39 is 0 Å². The second kappa shape index (κ2) is 10.5. The van der Waals surface area contributed by atoms with E-state index in [4.69, 9.17) is 9.47 Å². The molecule has 0 heterocycles. The lowest BCUT2D eigenvalue weighted by molar-refractivity contribution is -0.133. The molecule has 2 amide bonds. The zero-order valence-electron chi connectivity index (χ0n) is 14.1.